The molecule has 1 amide bonds. The van der Waals surface area contributed by atoms with Gasteiger partial charge in [0.25, 0.3) is 0 Å². The van der Waals surface area contributed by atoms with E-state index in [1.54, 1.807) is 6.07 Å². The van der Waals surface area contributed by atoms with Crippen LogP contribution in [0.15, 0.2) is 59.5 Å². The second kappa shape index (κ2) is 9.98. The Kier molecular flexibility index (Phi) is 7.68. The summed E-state index contributed by atoms with van der Waals surface area (Å²) in [5.74, 6) is -0.702. The number of hydrogen-bond donors (Lipinski definition) is 2. The Morgan fingerprint density at radius 1 is 1.11 bits per heavy atom. The number of nitrogens with zero attached hydrogens (tertiary/aromatic N) is 1. The molecule has 0 aliphatic heterocycles. The molecule has 0 saturated carbocycles. The number of benzene rings is 2. The topological polar surface area (TPSA) is 119 Å². The van der Waals surface area contributed by atoms with Gasteiger partial charge in [-0.25, -0.2) is 13.6 Å². The summed E-state index contributed by atoms with van der Waals surface area (Å²) in [5, 5.41) is 7.74. The second-order valence-electron chi connectivity index (χ2n) is 6.14. The first-order valence-corrected chi connectivity index (χ1v) is 10.1. The zero-order valence-corrected chi connectivity index (χ0v) is 16.3. The molecule has 0 aliphatic rings. The molecule has 0 bridgehead atoms. The summed E-state index contributed by atoms with van der Waals surface area (Å²) < 4.78 is 27.5. The third kappa shape index (κ3) is 7.10. The van der Waals surface area contributed by atoms with Crippen LogP contribution >= 0.6 is 0 Å². The van der Waals surface area contributed by atoms with Crippen molar-refractivity contribution < 1.29 is 22.7 Å². The van der Waals surface area contributed by atoms with Gasteiger partial charge in [-0.3, -0.25) is 14.5 Å². The Hall–Kier alpha value is -2.75. The number of nitrogens with two attached hydrogens (primary N) is 1. The fraction of sp³-hybridized carbons (Fsp3) is 0.263. The molecule has 0 fully saturated rings. The summed E-state index contributed by atoms with van der Waals surface area (Å²) in [7, 11) is -2.54. The molecule has 3 N–H and O–H groups in total. The molecule has 2 rings (SSSR count). The van der Waals surface area contributed by atoms with Gasteiger partial charge < -0.3 is 10.1 Å². The number of hydrogen-bond acceptors (Lipinski definition) is 6. The van der Waals surface area contributed by atoms with E-state index in [0.717, 1.165) is 5.56 Å². The first-order chi connectivity index (χ1) is 13.3. The highest BCUT2D eigenvalue weighted by atomic mass is 32.2. The highest BCUT2D eigenvalue weighted by Gasteiger charge is 2.14. The number of carbonyl (C=O) groups excluding carboxylic acids is 2. The number of methoxy groups -OCH3 is 1. The van der Waals surface area contributed by atoms with Gasteiger partial charge in [0.1, 0.15) is 0 Å². The van der Waals surface area contributed by atoms with E-state index < -0.39 is 16.0 Å². The zero-order chi connectivity index (χ0) is 20.6. The van der Waals surface area contributed by atoms with Crippen molar-refractivity contribution in [1.82, 2.24) is 4.90 Å². The first kappa shape index (κ1) is 21.5. The standard InChI is InChI=1S/C19H23N3O5S/c1-27-19(24)14-22(13-15-6-3-2-4-7-15)11-10-18(23)21-16-8-5-9-17(12-16)28(20,25)26/h2-9,12H,10-11,13-14H2,1H3,(H,21,23)(H2,20,25,26). The Morgan fingerprint density at radius 2 is 1.82 bits per heavy atom. The van der Waals surface area contributed by atoms with Gasteiger partial charge in [-0.1, -0.05) is 36.4 Å². The van der Waals surface area contributed by atoms with E-state index in [9.17, 15) is 18.0 Å². The maximum absolute atomic E-state index is 12.3. The molecule has 0 unspecified atom stereocenters. The summed E-state index contributed by atoms with van der Waals surface area (Å²) >= 11 is 0. The van der Waals surface area contributed by atoms with Gasteiger partial charge in [0.15, 0.2) is 0 Å². The van der Waals surface area contributed by atoms with Crippen LogP contribution in [0.2, 0.25) is 0 Å². The van der Waals surface area contributed by atoms with E-state index in [4.69, 9.17) is 9.88 Å². The minimum absolute atomic E-state index is 0.0551. The van der Waals surface area contributed by atoms with Crippen LogP contribution in [0.4, 0.5) is 5.69 Å². The number of amides is 1. The van der Waals surface area contributed by atoms with Gasteiger partial charge in [0.2, 0.25) is 15.9 Å². The van der Waals surface area contributed by atoms with E-state index in [0.29, 0.717) is 18.8 Å². The zero-order valence-electron chi connectivity index (χ0n) is 15.5. The lowest BCUT2D eigenvalue weighted by molar-refractivity contribution is -0.142. The quantitative estimate of drug-likeness (QED) is 0.608. The molecular formula is C19H23N3O5S. The van der Waals surface area contributed by atoms with Crippen LogP contribution in [0, 0.1) is 0 Å². The third-order valence-corrected chi connectivity index (χ3v) is 4.84. The molecule has 2 aromatic rings. The number of sulfonamides is 1. The Labute approximate surface area is 164 Å². The summed E-state index contributed by atoms with van der Waals surface area (Å²) in [6.07, 6.45) is 0.115. The second-order valence-corrected chi connectivity index (χ2v) is 7.70. The molecular weight excluding hydrogens is 382 g/mol. The highest BCUT2D eigenvalue weighted by molar-refractivity contribution is 7.89. The largest absolute Gasteiger partial charge is 0.468 e. The molecule has 28 heavy (non-hydrogen) atoms. The lowest BCUT2D eigenvalue weighted by Gasteiger charge is -2.21. The van der Waals surface area contributed by atoms with Crippen LogP contribution in [-0.4, -0.2) is 45.4 Å². The monoisotopic (exact) mass is 405 g/mol. The predicted molar refractivity (Wildman–Crippen MR) is 105 cm³/mol. The van der Waals surface area contributed by atoms with Crippen LogP contribution in [0.25, 0.3) is 0 Å². The van der Waals surface area contributed by atoms with E-state index in [1.807, 2.05) is 35.2 Å². The Balaban J connectivity index is 1.97. The third-order valence-electron chi connectivity index (χ3n) is 3.93. The number of primary sulfonamides is 1. The van der Waals surface area contributed by atoms with Gasteiger partial charge in [-0.15, -0.1) is 0 Å². The molecule has 150 valence electrons. The summed E-state index contributed by atoms with van der Waals surface area (Å²) in [4.78, 5) is 25.6. The molecule has 0 saturated heterocycles. The fourth-order valence-corrected chi connectivity index (χ4v) is 3.10. The van der Waals surface area contributed by atoms with E-state index >= 15 is 0 Å². The molecule has 0 radical (unpaired) electrons. The molecule has 0 spiro atoms. The Morgan fingerprint density at radius 3 is 2.46 bits per heavy atom. The Bertz CT molecular complexity index is 916. The summed E-state index contributed by atoms with van der Waals surface area (Å²) in [5.41, 5.74) is 1.34. The van der Waals surface area contributed by atoms with Crippen LogP contribution in [0.5, 0.6) is 0 Å². The average molecular weight is 405 g/mol. The molecule has 9 heteroatoms. The van der Waals surface area contributed by atoms with Gasteiger partial charge in [-0.05, 0) is 23.8 Å². The fourth-order valence-electron chi connectivity index (χ4n) is 2.54. The van der Waals surface area contributed by atoms with Crippen LogP contribution in [0.1, 0.15) is 12.0 Å². The van der Waals surface area contributed by atoms with Crippen molar-refractivity contribution >= 4 is 27.6 Å². The van der Waals surface area contributed by atoms with Gasteiger partial charge >= 0.3 is 5.97 Å². The number of esters is 1. The molecule has 8 nitrogen and oxygen atoms in total. The molecule has 0 aliphatic carbocycles. The first-order valence-electron chi connectivity index (χ1n) is 8.54. The number of carbonyl (C=O) groups is 2. The molecule has 0 heterocycles. The maximum atomic E-state index is 12.3. The highest BCUT2D eigenvalue weighted by Crippen LogP contribution is 2.14. The van der Waals surface area contributed by atoms with Crippen molar-refractivity contribution in [2.24, 2.45) is 5.14 Å². The number of anilines is 1. The average Bonchev–Trinajstić information content (AvgIpc) is 2.66. The van der Waals surface area contributed by atoms with Crippen molar-refractivity contribution in [3.8, 4) is 0 Å². The van der Waals surface area contributed by atoms with Crippen LogP contribution < -0.4 is 10.5 Å². The van der Waals surface area contributed by atoms with Crippen LogP contribution in [0.3, 0.4) is 0 Å². The van der Waals surface area contributed by atoms with Crippen molar-refractivity contribution in [2.75, 3.05) is 25.5 Å². The minimum atomic E-state index is -3.85. The lowest BCUT2D eigenvalue weighted by Crippen LogP contribution is -2.33. The minimum Gasteiger partial charge on any atom is -0.468 e. The van der Waals surface area contributed by atoms with Crippen molar-refractivity contribution in [3.63, 3.8) is 0 Å². The molecule has 0 atom stereocenters. The summed E-state index contributed by atoms with van der Waals surface area (Å²) in [6, 6.07) is 15.3. The van der Waals surface area contributed by atoms with Crippen molar-refractivity contribution in [2.45, 2.75) is 17.9 Å². The molecule has 0 aromatic heterocycles. The number of nitrogens with one attached hydrogen (secondary N) is 1. The van der Waals surface area contributed by atoms with Gasteiger partial charge in [-0.2, -0.15) is 0 Å². The predicted octanol–water partition coefficient (Wildman–Crippen LogP) is 1.34. The van der Waals surface area contributed by atoms with Crippen LogP contribution in [-0.2, 0) is 30.9 Å². The maximum Gasteiger partial charge on any atom is 0.319 e. The van der Waals surface area contributed by atoms with Gasteiger partial charge in [0.05, 0.1) is 18.6 Å². The normalized spacial score (nSPS) is 11.2. The summed E-state index contributed by atoms with van der Waals surface area (Å²) in [6.45, 7) is 0.869. The van der Waals surface area contributed by atoms with Crippen molar-refractivity contribution in [3.05, 3.63) is 60.2 Å². The van der Waals surface area contributed by atoms with E-state index in [2.05, 4.69) is 5.32 Å². The SMILES string of the molecule is COC(=O)CN(CCC(=O)Nc1cccc(S(N)(=O)=O)c1)Cc1ccccc1. The lowest BCUT2D eigenvalue weighted by atomic mass is 10.2. The van der Waals surface area contributed by atoms with E-state index in [-0.39, 0.29) is 23.8 Å². The number of ether oxygens (including phenoxy) is 1. The molecule has 2 aromatic carbocycles. The smallest absolute Gasteiger partial charge is 0.319 e. The van der Waals surface area contributed by atoms with Gasteiger partial charge in [0, 0.05) is 25.2 Å². The van der Waals surface area contributed by atoms with Crippen molar-refractivity contribution in [1.29, 1.82) is 0 Å². The number of rotatable bonds is 9. The van der Waals surface area contributed by atoms with E-state index in [1.165, 1.54) is 25.3 Å².